The standard InChI is InChI=1S/C59H95N11O15/c1-14-30(6)45(67-52(77)41(61-13)26-37-22-20-19-21-23-37)55(80)64-42(28-71)53(78)63-40(24-25-44(60)74)51(76)66-47(32(8)16-3)57(82)68-46(31(7)15-2)56(81)65-43(29-72)54(79)70-49(58(83)62-34(10)35(11)73)36(12)85-59(84)48(33(9)17-4)69-50(75)39-27-38(39)18-5/h18-23,30-34,36,38-43,45-49,61,71-72H,5,14-17,24-29H2,1-4,6-13H3,(H2,60,74)(H,62,83)(H,63,78)(H,64,80)(H,65,81)(H,66,76)(H,67,77)(H,68,82)(H,69,75)(H,70,79)/t30-,31-,32-,33-,34-,36-,38+,39-,40+,41+,42-,43-,45-,46-,47+,48-,49?/m0/s1. The molecule has 0 aromatic heterocycles. The molecule has 1 aliphatic rings. The number of ether oxygens (including phenoxy) is 1. The van der Waals surface area contributed by atoms with Crippen LogP contribution in [0.15, 0.2) is 43.0 Å². The molecule has 0 spiro atoms. The number of hydrogen-bond acceptors (Lipinski definition) is 16. The number of benzene rings is 1. The minimum atomic E-state index is -1.80. The maximum absolute atomic E-state index is 14.4. The molecule has 2 rings (SSSR count). The molecular weight excluding hydrogens is 1100 g/mol. The van der Waals surface area contributed by atoms with E-state index >= 15 is 0 Å². The zero-order valence-electron chi connectivity index (χ0n) is 51.3. The summed E-state index contributed by atoms with van der Waals surface area (Å²) in [5.74, 6) is -12.6. The van der Waals surface area contributed by atoms with Gasteiger partial charge in [0.15, 0.2) is 5.78 Å². The van der Waals surface area contributed by atoms with Gasteiger partial charge in [0.2, 0.25) is 59.1 Å². The van der Waals surface area contributed by atoms with Gasteiger partial charge in [0.1, 0.15) is 54.4 Å². The molecule has 476 valence electrons. The molecule has 0 bridgehead atoms. The first-order valence-corrected chi connectivity index (χ1v) is 29.4. The number of amides is 10. The molecule has 1 unspecified atom stereocenters. The Kier molecular flexibility index (Phi) is 31.7. The number of allylic oxidation sites excluding steroid dienone is 1. The summed E-state index contributed by atoms with van der Waals surface area (Å²) in [6.07, 6.45) is 1.61. The first-order valence-electron chi connectivity index (χ1n) is 29.4. The lowest BCUT2D eigenvalue weighted by atomic mass is 9.94. The number of carbonyl (C=O) groups excluding carboxylic acids is 12. The monoisotopic (exact) mass is 1200 g/mol. The predicted molar refractivity (Wildman–Crippen MR) is 314 cm³/mol. The molecule has 14 N–H and O–H groups in total. The highest BCUT2D eigenvalue weighted by Gasteiger charge is 2.44. The Morgan fingerprint density at radius 1 is 0.565 bits per heavy atom. The number of rotatable bonds is 39. The second kappa shape index (κ2) is 36.5. The number of carbonyl (C=O) groups is 12. The van der Waals surface area contributed by atoms with Crippen LogP contribution in [0, 0.1) is 35.5 Å². The number of nitrogens with two attached hydrogens (primary N) is 1. The lowest BCUT2D eigenvalue weighted by Crippen LogP contribution is -2.63. The van der Waals surface area contributed by atoms with Crippen molar-refractivity contribution in [3.63, 3.8) is 0 Å². The van der Waals surface area contributed by atoms with Gasteiger partial charge in [-0.3, -0.25) is 52.7 Å². The molecule has 17 atom stereocenters. The van der Waals surface area contributed by atoms with Crippen LogP contribution in [0.25, 0.3) is 0 Å². The lowest BCUT2D eigenvalue weighted by molar-refractivity contribution is -0.157. The fourth-order valence-corrected chi connectivity index (χ4v) is 8.86. The van der Waals surface area contributed by atoms with Crippen molar-refractivity contribution in [2.24, 2.45) is 41.2 Å². The lowest BCUT2D eigenvalue weighted by Gasteiger charge is -2.31. The molecule has 1 fully saturated rings. The summed E-state index contributed by atoms with van der Waals surface area (Å²) >= 11 is 0. The van der Waals surface area contributed by atoms with Crippen LogP contribution in [0.1, 0.15) is 127 Å². The van der Waals surface area contributed by atoms with Crippen molar-refractivity contribution in [2.45, 2.75) is 194 Å². The second-order valence-electron chi connectivity index (χ2n) is 22.3. The van der Waals surface area contributed by atoms with Gasteiger partial charge >= 0.3 is 5.97 Å². The molecule has 1 saturated carbocycles. The summed E-state index contributed by atoms with van der Waals surface area (Å²) in [5.41, 5.74) is 6.30. The maximum atomic E-state index is 14.4. The number of aliphatic hydroxyl groups excluding tert-OH is 2. The Balaban J connectivity index is 2.38. The third-order valence-corrected chi connectivity index (χ3v) is 15.8. The van der Waals surface area contributed by atoms with Crippen molar-refractivity contribution in [1.29, 1.82) is 0 Å². The quantitative estimate of drug-likeness (QED) is 0.0277. The van der Waals surface area contributed by atoms with Gasteiger partial charge < -0.3 is 73.9 Å². The number of esters is 1. The van der Waals surface area contributed by atoms with Gasteiger partial charge in [0.25, 0.3) is 0 Å². The van der Waals surface area contributed by atoms with Gasteiger partial charge in [-0.25, -0.2) is 4.79 Å². The van der Waals surface area contributed by atoms with E-state index in [0.717, 1.165) is 5.56 Å². The summed E-state index contributed by atoms with van der Waals surface area (Å²) in [4.78, 5) is 163. The largest absolute Gasteiger partial charge is 0.458 e. The van der Waals surface area contributed by atoms with Crippen LogP contribution in [0.3, 0.4) is 0 Å². The van der Waals surface area contributed by atoms with Crippen molar-refractivity contribution >= 4 is 70.8 Å². The van der Waals surface area contributed by atoms with E-state index in [1.165, 1.54) is 20.8 Å². The van der Waals surface area contributed by atoms with E-state index in [-0.39, 0.29) is 30.6 Å². The van der Waals surface area contributed by atoms with Crippen LogP contribution in [-0.4, -0.2) is 168 Å². The zero-order chi connectivity index (χ0) is 64.4. The van der Waals surface area contributed by atoms with Crippen LogP contribution in [0.5, 0.6) is 0 Å². The first kappa shape index (κ1) is 73.8. The minimum Gasteiger partial charge on any atom is -0.458 e. The highest BCUT2D eigenvalue weighted by molar-refractivity contribution is 5.99. The number of hydrogen-bond donors (Lipinski definition) is 13. The second-order valence-corrected chi connectivity index (χ2v) is 22.3. The molecule has 0 radical (unpaired) electrons. The van der Waals surface area contributed by atoms with Gasteiger partial charge in [-0.05, 0) is 82.2 Å². The number of ketones is 1. The fourth-order valence-electron chi connectivity index (χ4n) is 8.86. The molecule has 0 saturated heterocycles. The number of primary amides is 1. The summed E-state index contributed by atoms with van der Waals surface area (Å²) < 4.78 is 5.71. The average Bonchev–Trinajstić information content (AvgIpc) is 4.43. The van der Waals surface area contributed by atoms with Crippen molar-refractivity contribution in [3.05, 3.63) is 48.6 Å². The Morgan fingerprint density at radius 2 is 0.965 bits per heavy atom. The highest BCUT2D eigenvalue weighted by atomic mass is 16.5. The molecule has 1 aromatic carbocycles. The fraction of sp³-hybridized carbons (Fsp3) is 0.661. The Bertz CT molecular complexity index is 2470. The van der Waals surface area contributed by atoms with Gasteiger partial charge in [-0.2, -0.15) is 0 Å². The number of Topliss-reactive ketones (excluding diaryl/α,β-unsaturated/α-hetero) is 1. The van der Waals surface area contributed by atoms with E-state index in [0.29, 0.717) is 25.7 Å². The van der Waals surface area contributed by atoms with Gasteiger partial charge in [-0.15, -0.1) is 6.58 Å². The van der Waals surface area contributed by atoms with Crippen molar-refractivity contribution < 1.29 is 72.5 Å². The van der Waals surface area contributed by atoms with Gasteiger partial charge in [0, 0.05) is 12.3 Å². The third-order valence-electron chi connectivity index (χ3n) is 15.8. The van der Waals surface area contributed by atoms with E-state index in [1.807, 2.05) is 30.3 Å². The Hall–Kier alpha value is -7.32. The molecule has 85 heavy (non-hydrogen) atoms. The van der Waals surface area contributed by atoms with E-state index < -0.39 is 181 Å². The molecule has 10 amide bonds. The third kappa shape index (κ3) is 23.2. The van der Waals surface area contributed by atoms with E-state index in [9.17, 15) is 67.7 Å². The first-order chi connectivity index (χ1) is 40.1. The summed E-state index contributed by atoms with van der Waals surface area (Å²) in [6.45, 7) is 19.3. The van der Waals surface area contributed by atoms with Crippen molar-refractivity contribution in [3.8, 4) is 0 Å². The van der Waals surface area contributed by atoms with E-state index in [2.05, 4.69) is 59.7 Å². The Morgan fingerprint density at radius 3 is 1.39 bits per heavy atom. The van der Waals surface area contributed by atoms with Crippen LogP contribution >= 0.6 is 0 Å². The molecule has 0 aliphatic heterocycles. The van der Waals surface area contributed by atoms with E-state index in [1.54, 1.807) is 68.5 Å². The maximum Gasteiger partial charge on any atom is 0.329 e. The van der Waals surface area contributed by atoms with E-state index in [4.69, 9.17) is 10.5 Å². The van der Waals surface area contributed by atoms with Crippen LogP contribution in [0.4, 0.5) is 0 Å². The molecule has 26 heteroatoms. The zero-order valence-corrected chi connectivity index (χ0v) is 51.3. The number of nitrogens with one attached hydrogen (secondary N) is 10. The normalized spacial score (nSPS) is 18.8. The molecule has 26 nitrogen and oxygen atoms in total. The van der Waals surface area contributed by atoms with Gasteiger partial charge in [-0.1, -0.05) is 117 Å². The smallest absolute Gasteiger partial charge is 0.329 e. The number of aliphatic hydroxyl groups is 2. The number of likely N-dealkylation sites (N-methyl/N-ethyl adjacent to an activating group) is 1. The van der Waals surface area contributed by atoms with Crippen LogP contribution < -0.4 is 58.9 Å². The molecule has 0 heterocycles. The molecule has 1 aromatic rings. The average molecular weight is 1200 g/mol. The topological polar surface area (TPSA) is 401 Å². The minimum absolute atomic E-state index is 0.0481. The van der Waals surface area contributed by atoms with Gasteiger partial charge in [0.05, 0.1) is 25.3 Å². The molecule has 1 aliphatic carbocycles. The summed E-state index contributed by atoms with van der Waals surface area (Å²) in [6, 6.07) is -4.60. The summed E-state index contributed by atoms with van der Waals surface area (Å²) in [5, 5.41) is 46.8. The van der Waals surface area contributed by atoms with Crippen molar-refractivity contribution in [1.82, 2.24) is 53.2 Å². The van der Waals surface area contributed by atoms with Crippen LogP contribution in [-0.2, 0) is 68.7 Å². The van der Waals surface area contributed by atoms with Crippen molar-refractivity contribution in [2.75, 3.05) is 20.3 Å². The Labute approximate surface area is 499 Å². The predicted octanol–water partition coefficient (Wildman–Crippen LogP) is -1.02. The van der Waals surface area contributed by atoms with Crippen LogP contribution in [0.2, 0.25) is 0 Å². The summed E-state index contributed by atoms with van der Waals surface area (Å²) in [7, 11) is 1.60. The SMILES string of the molecule is C=C[C@@H]1C[C@@H]1C(=O)N[C@H](C(=O)O[C@@H](C)C(NC(=O)[C@H](CO)NC(=O)[C@@H](NC(=O)[C@H](NC(=O)[C@@H](CCC(N)=O)NC(=O)[C@H](CO)NC(=O)[C@@H](NC(=O)[C@@H](Cc1ccccc1)NC)[C@@H](C)CC)[C@@H](C)CC)[C@@H](C)CC)C(=O)N[C@@H](C)C(C)=O)[C@@H](C)CC. The molecular formula is C59H95N11O15. The highest BCUT2D eigenvalue weighted by Crippen LogP contribution is 2.39.